The Kier molecular flexibility index (Phi) is 10.1. The summed E-state index contributed by atoms with van der Waals surface area (Å²) in [6.45, 7) is 4.31. The van der Waals surface area contributed by atoms with Crippen molar-refractivity contribution in [3.63, 3.8) is 0 Å². The summed E-state index contributed by atoms with van der Waals surface area (Å²) in [6.07, 6.45) is 4.83. The zero-order valence-corrected chi connectivity index (χ0v) is 17.7. The van der Waals surface area contributed by atoms with Crippen LogP contribution in [0.1, 0.15) is 61.9 Å². The maximum atomic E-state index is 12.2. The molecular weight excluding hydrogens is 380 g/mol. The number of amides is 1. The maximum absolute atomic E-state index is 12.2. The molecule has 0 saturated heterocycles. The lowest BCUT2D eigenvalue weighted by Gasteiger charge is -2.09. The summed E-state index contributed by atoms with van der Waals surface area (Å²) in [5.41, 5.74) is 4.88. The van der Waals surface area contributed by atoms with Gasteiger partial charge in [0.15, 0.2) is 6.61 Å². The van der Waals surface area contributed by atoms with Crippen LogP contribution in [0.2, 0.25) is 0 Å². The molecule has 1 amide bonds. The SMILES string of the molecule is CCCCCC(=NNC(=O)COc1ccc(C(=O)OCCC)cc1)c1ccccc1. The van der Waals surface area contributed by atoms with Gasteiger partial charge in [0.1, 0.15) is 5.75 Å². The molecule has 2 aromatic rings. The van der Waals surface area contributed by atoms with E-state index >= 15 is 0 Å². The number of ether oxygens (including phenoxy) is 2. The van der Waals surface area contributed by atoms with Crippen LogP contribution in [0.3, 0.4) is 0 Å². The van der Waals surface area contributed by atoms with Crippen LogP contribution in [0.5, 0.6) is 5.75 Å². The van der Waals surface area contributed by atoms with Crippen LogP contribution in [-0.2, 0) is 9.53 Å². The van der Waals surface area contributed by atoms with E-state index < -0.39 is 0 Å². The van der Waals surface area contributed by atoms with Crippen LogP contribution >= 0.6 is 0 Å². The summed E-state index contributed by atoms with van der Waals surface area (Å²) in [5, 5.41) is 4.32. The first-order valence-corrected chi connectivity index (χ1v) is 10.4. The molecule has 30 heavy (non-hydrogen) atoms. The van der Waals surface area contributed by atoms with Gasteiger partial charge >= 0.3 is 5.97 Å². The molecule has 6 nitrogen and oxygen atoms in total. The summed E-state index contributed by atoms with van der Waals surface area (Å²) >= 11 is 0. The number of carbonyl (C=O) groups is 2. The van der Waals surface area contributed by atoms with Gasteiger partial charge in [0.25, 0.3) is 5.91 Å². The minimum Gasteiger partial charge on any atom is -0.484 e. The van der Waals surface area contributed by atoms with Gasteiger partial charge in [-0.2, -0.15) is 5.10 Å². The number of hydrazone groups is 1. The Hall–Kier alpha value is -3.15. The molecule has 0 radical (unpaired) electrons. The Morgan fingerprint density at radius 3 is 2.30 bits per heavy atom. The summed E-state index contributed by atoms with van der Waals surface area (Å²) in [6, 6.07) is 16.3. The van der Waals surface area contributed by atoms with E-state index in [1.54, 1.807) is 24.3 Å². The molecule has 0 unspecified atom stereocenters. The van der Waals surface area contributed by atoms with Crippen molar-refractivity contribution in [1.82, 2.24) is 5.43 Å². The molecule has 0 heterocycles. The Morgan fingerprint density at radius 1 is 0.900 bits per heavy atom. The number of rotatable bonds is 12. The van der Waals surface area contributed by atoms with Gasteiger partial charge in [-0.1, -0.05) is 57.0 Å². The van der Waals surface area contributed by atoms with Crippen LogP contribution in [0.4, 0.5) is 0 Å². The van der Waals surface area contributed by atoms with Gasteiger partial charge < -0.3 is 9.47 Å². The average molecular weight is 411 g/mol. The van der Waals surface area contributed by atoms with Gasteiger partial charge in [-0.15, -0.1) is 0 Å². The number of nitrogens with zero attached hydrogens (tertiary/aromatic N) is 1. The highest BCUT2D eigenvalue weighted by molar-refractivity contribution is 6.01. The molecule has 2 rings (SSSR count). The third-order valence-electron chi connectivity index (χ3n) is 4.34. The highest BCUT2D eigenvalue weighted by atomic mass is 16.5. The molecule has 0 aliphatic rings. The molecular formula is C24H30N2O4. The van der Waals surface area contributed by atoms with Crippen LogP contribution in [0.25, 0.3) is 0 Å². The second kappa shape index (κ2) is 13.1. The van der Waals surface area contributed by atoms with Gasteiger partial charge in [-0.3, -0.25) is 4.79 Å². The molecule has 6 heteroatoms. The molecule has 1 N–H and O–H groups in total. The largest absolute Gasteiger partial charge is 0.484 e. The van der Waals surface area contributed by atoms with Crippen molar-refractivity contribution in [2.45, 2.75) is 46.0 Å². The Balaban J connectivity index is 1.88. The number of benzene rings is 2. The summed E-state index contributed by atoms with van der Waals surface area (Å²) in [4.78, 5) is 24.0. The van der Waals surface area contributed by atoms with Crippen molar-refractivity contribution >= 4 is 17.6 Å². The van der Waals surface area contributed by atoms with Crippen molar-refractivity contribution in [2.75, 3.05) is 13.2 Å². The number of nitrogens with one attached hydrogen (secondary N) is 1. The van der Waals surface area contributed by atoms with Gasteiger partial charge in [0.05, 0.1) is 17.9 Å². The van der Waals surface area contributed by atoms with E-state index in [9.17, 15) is 9.59 Å². The zero-order chi connectivity index (χ0) is 21.6. The topological polar surface area (TPSA) is 77.0 Å². The first-order valence-electron chi connectivity index (χ1n) is 10.4. The monoisotopic (exact) mass is 410 g/mol. The smallest absolute Gasteiger partial charge is 0.338 e. The minimum absolute atomic E-state index is 0.167. The number of hydrogen-bond donors (Lipinski definition) is 1. The standard InChI is InChI=1S/C24H30N2O4/c1-3-5-7-12-22(19-10-8-6-9-11-19)25-26-23(27)18-30-21-15-13-20(14-16-21)24(28)29-17-4-2/h6,8-11,13-16H,3-5,7,12,17-18H2,1-2H3,(H,26,27). The van der Waals surface area contributed by atoms with E-state index in [2.05, 4.69) is 17.5 Å². The van der Waals surface area contributed by atoms with Gasteiger partial charge in [0.2, 0.25) is 0 Å². The normalized spacial score (nSPS) is 11.1. The molecule has 0 bridgehead atoms. The third-order valence-corrected chi connectivity index (χ3v) is 4.34. The summed E-state index contributed by atoms with van der Waals surface area (Å²) in [5.74, 6) is -0.218. The first-order chi connectivity index (χ1) is 14.6. The van der Waals surface area contributed by atoms with Crippen LogP contribution in [0, 0.1) is 0 Å². The number of hydrogen-bond acceptors (Lipinski definition) is 5. The lowest BCUT2D eigenvalue weighted by atomic mass is 10.0. The second-order valence-corrected chi connectivity index (χ2v) is 6.87. The van der Waals surface area contributed by atoms with Gasteiger partial charge in [0, 0.05) is 0 Å². The van der Waals surface area contributed by atoms with E-state index in [0.717, 1.165) is 43.4 Å². The molecule has 0 fully saturated rings. The number of esters is 1. The Labute approximate surface area is 178 Å². The van der Waals surface area contributed by atoms with Crippen LogP contribution in [-0.4, -0.2) is 30.8 Å². The third kappa shape index (κ3) is 8.07. The van der Waals surface area contributed by atoms with E-state index in [1.165, 1.54) is 0 Å². The maximum Gasteiger partial charge on any atom is 0.338 e. The van der Waals surface area contributed by atoms with Gasteiger partial charge in [-0.05, 0) is 49.1 Å². The highest BCUT2D eigenvalue weighted by Crippen LogP contribution is 2.13. The van der Waals surface area contributed by atoms with E-state index in [4.69, 9.17) is 9.47 Å². The van der Waals surface area contributed by atoms with Crippen molar-refractivity contribution < 1.29 is 19.1 Å². The number of unbranched alkanes of at least 4 members (excludes halogenated alkanes) is 2. The first kappa shape index (κ1) is 23.1. The van der Waals surface area contributed by atoms with E-state index in [0.29, 0.717) is 17.9 Å². The summed E-state index contributed by atoms with van der Waals surface area (Å²) < 4.78 is 10.6. The lowest BCUT2D eigenvalue weighted by Crippen LogP contribution is -2.26. The molecule has 0 aliphatic heterocycles. The minimum atomic E-state index is -0.369. The molecule has 2 aromatic carbocycles. The fourth-order valence-electron chi connectivity index (χ4n) is 2.71. The average Bonchev–Trinajstić information content (AvgIpc) is 2.79. The van der Waals surface area contributed by atoms with Crippen molar-refractivity contribution in [3.05, 3.63) is 65.7 Å². The predicted octanol–water partition coefficient (Wildman–Crippen LogP) is 4.73. The fraction of sp³-hybridized carbons (Fsp3) is 0.375. The highest BCUT2D eigenvalue weighted by Gasteiger charge is 2.08. The van der Waals surface area contributed by atoms with Crippen LogP contribution < -0.4 is 10.2 Å². The van der Waals surface area contributed by atoms with Crippen molar-refractivity contribution in [3.8, 4) is 5.75 Å². The molecule has 0 saturated carbocycles. The van der Waals surface area contributed by atoms with E-state index in [-0.39, 0.29) is 18.5 Å². The number of carbonyl (C=O) groups excluding carboxylic acids is 2. The fourth-order valence-corrected chi connectivity index (χ4v) is 2.71. The van der Waals surface area contributed by atoms with Gasteiger partial charge in [-0.25, -0.2) is 10.2 Å². The second-order valence-electron chi connectivity index (χ2n) is 6.87. The van der Waals surface area contributed by atoms with E-state index in [1.807, 2.05) is 37.3 Å². The van der Waals surface area contributed by atoms with Crippen molar-refractivity contribution in [2.24, 2.45) is 5.10 Å². The predicted molar refractivity (Wildman–Crippen MR) is 118 cm³/mol. The summed E-state index contributed by atoms with van der Waals surface area (Å²) in [7, 11) is 0. The lowest BCUT2D eigenvalue weighted by molar-refractivity contribution is -0.123. The molecule has 0 atom stereocenters. The van der Waals surface area contributed by atoms with Crippen molar-refractivity contribution in [1.29, 1.82) is 0 Å². The quantitative estimate of drug-likeness (QED) is 0.237. The van der Waals surface area contributed by atoms with Crippen LogP contribution in [0.15, 0.2) is 59.7 Å². The molecule has 0 aromatic heterocycles. The molecule has 160 valence electrons. The molecule has 0 spiro atoms. The molecule has 0 aliphatic carbocycles. The zero-order valence-electron chi connectivity index (χ0n) is 17.7. The Bertz CT molecular complexity index is 817. The Morgan fingerprint density at radius 2 is 1.63 bits per heavy atom.